The maximum atomic E-state index is 12.4. The van der Waals surface area contributed by atoms with Crippen molar-refractivity contribution in [2.75, 3.05) is 46.4 Å². The molecule has 8 nitrogen and oxygen atoms in total. The Morgan fingerprint density at radius 1 is 1.22 bits per heavy atom. The third-order valence-corrected chi connectivity index (χ3v) is 4.01. The monoisotopic (exact) mass is 324 g/mol. The van der Waals surface area contributed by atoms with Crippen LogP contribution in [-0.2, 0) is 16.0 Å². The van der Waals surface area contributed by atoms with Gasteiger partial charge in [0, 0.05) is 45.4 Å². The van der Waals surface area contributed by atoms with Gasteiger partial charge in [-0.05, 0) is 13.8 Å². The molecule has 1 fully saturated rings. The first-order valence-electron chi connectivity index (χ1n) is 7.74. The number of urea groups is 1. The van der Waals surface area contributed by atoms with E-state index in [2.05, 4.69) is 10.5 Å². The van der Waals surface area contributed by atoms with Gasteiger partial charge in [-0.1, -0.05) is 5.16 Å². The standard InChI is InChI=1S/C15H24N4O4/c1-11-13(12(2)23-17-11)10-14(20)18-5-7-19(8-6-18)15(21)16-4-9-22-3/h4-10H2,1-3H3,(H,16,21). The Morgan fingerprint density at radius 2 is 1.87 bits per heavy atom. The molecule has 0 spiro atoms. The molecular formula is C15H24N4O4. The number of rotatable bonds is 5. The molecule has 1 saturated heterocycles. The summed E-state index contributed by atoms with van der Waals surface area (Å²) < 4.78 is 9.99. The number of amides is 3. The SMILES string of the molecule is COCCNC(=O)N1CCN(C(=O)Cc2c(C)noc2C)CC1. The summed E-state index contributed by atoms with van der Waals surface area (Å²) in [5, 5.41) is 6.65. The van der Waals surface area contributed by atoms with Gasteiger partial charge in [0.25, 0.3) is 0 Å². The van der Waals surface area contributed by atoms with Gasteiger partial charge < -0.3 is 24.4 Å². The number of nitrogens with one attached hydrogen (secondary N) is 1. The lowest BCUT2D eigenvalue weighted by atomic mass is 10.1. The summed E-state index contributed by atoms with van der Waals surface area (Å²) in [6, 6.07) is -0.111. The number of nitrogens with zero attached hydrogens (tertiary/aromatic N) is 3. The molecule has 1 aliphatic rings. The highest BCUT2D eigenvalue weighted by molar-refractivity contribution is 5.80. The summed E-state index contributed by atoms with van der Waals surface area (Å²) in [6.45, 7) is 6.77. The van der Waals surface area contributed by atoms with E-state index in [1.54, 1.807) is 16.9 Å². The molecule has 1 aliphatic heterocycles. The van der Waals surface area contributed by atoms with Crippen LogP contribution in [0.25, 0.3) is 0 Å². The zero-order valence-corrected chi connectivity index (χ0v) is 13.9. The van der Waals surface area contributed by atoms with E-state index in [0.29, 0.717) is 51.5 Å². The molecule has 1 aromatic rings. The van der Waals surface area contributed by atoms with Crippen LogP contribution in [0.2, 0.25) is 0 Å². The first kappa shape index (κ1) is 17.3. The van der Waals surface area contributed by atoms with Crippen LogP contribution in [0.4, 0.5) is 4.79 Å². The van der Waals surface area contributed by atoms with Crippen LogP contribution in [0.1, 0.15) is 17.0 Å². The zero-order valence-electron chi connectivity index (χ0n) is 13.9. The lowest BCUT2D eigenvalue weighted by Gasteiger charge is -2.34. The van der Waals surface area contributed by atoms with Crippen LogP contribution in [0.15, 0.2) is 4.52 Å². The minimum atomic E-state index is -0.111. The van der Waals surface area contributed by atoms with Crippen molar-refractivity contribution in [3.8, 4) is 0 Å². The summed E-state index contributed by atoms with van der Waals surface area (Å²) in [5.41, 5.74) is 1.61. The smallest absolute Gasteiger partial charge is 0.317 e. The van der Waals surface area contributed by atoms with Gasteiger partial charge in [0.15, 0.2) is 0 Å². The molecule has 0 saturated carbocycles. The molecule has 1 N–H and O–H groups in total. The second-order valence-electron chi connectivity index (χ2n) is 5.57. The minimum Gasteiger partial charge on any atom is -0.383 e. The molecular weight excluding hydrogens is 300 g/mol. The van der Waals surface area contributed by atoms with Crippen molar-refractivity contribution in [3.05, 3.63) is 17.0 Å². The number of methoxy groups -OCH3 is 1. The summed E-state index contributed by atoms with van der Waals surface area (Å²) in [5.74, 6) is 0.728. The normalized spacial score (nSPS) is 14.9. The molecule has 2 rings (SSSR count). The Labute approximate surface area is 135 Å². The first-order chi connectivity index (χ1) is 11.0. The maximum absolute atomic E-state index is 12.4. The molecule has 0 aliphatic carbocycles. The predicted octanol–water partition coefficient (Wildman–Crippen LogP) is 0.334. The second-order valence-corrected chi connectivity index (χ2v) is 5.57. The van der Waals surface area contributed by atoms with Crippen molar-refractivity contribution in [3.63, 3.8) is 0 Å². The number of carbonyl (C=O) groups is 2. The van der Waals surface area contributed by atoms with Gasteiger partial charge in [-0.3, -0.25) is 4.79 Å². The number of piperazine rings is 1. The average Bonchev–Trinajstić information content (AvgIpc) is 2.87. The molecule has 0 aromatic carbocycles. The molecule has 8 heteroatoms. The van der Waals surface area contributed by atoms with E-state index in [0.717, 1.165) is 11.3 Å². The minimum absolute atomic E-state index is 0.0406. The van der Waals surface area contributed by atoms with Gasteiger partial charge in [0.1, 0.15) is 5.76 Å². The number of carbonyl (C=O) groups excluding carboxylic acids is 2. The van der Waals surface area contributed by atoms with Gasteiger partial charge in [-0.2, -0.15) is 0 Å². The summed E-state index contributed by atoms with van der Waals surface area (Å²) in [7, 11) is 1.59. The molecule has 23 heavy (non-hydrogen) atoms. The number of hydrogen-bond donors (Lipinski definition) is 1. The van der Waals surface area contributed by atoms with E-state index in [4.69, 9.17) is 9.26 Å². The van der Waals surface area contributed by atoms with Gasteiger partial charge in [-0.15, -0.1) is 0 Å². The number of hydrogen-bond acceptors (Lipinski definition) is 5. The third kappa shape index (κ3) is 4.44. The van der Waals surface area contributed by atoms with Gasteiger partial charge in [-0.25, -0.2) is 4.79 Å². The highest BCUT2D eigenvalue weighted by Gasteiger charge is 2.25. The lowest BCUT2D eigenvalue weighted by Crippen LogP contribution is -2.53. The van der Waals surface area contributed by atoms with Crippen LogP contribution in [0.3, 0.4) is 0 Å². The van der Waals surface area contributed by atoms with Crippen molar-refractivity contribution >= 4 is 11.9 Å². The average molecular weight is 324 g/mol. The van der Waals surface area contributed by atoms with Crippen LogP contribution in [0.5, 0.6) is 0 Å². The van der Waals surface area contributed by atoms with E-state index < -0.39 is 0 Å². The van der Waals surface area contributed by atoms with E-state index in [1.165, 1.54) is 0 Å². The Hall–Kier alpha value is -2.09. The fourth-order valence-electron chi connectivity index (χ4n) is 2.55. The third-order valence-electron chi connectivity index (χ3n) is 4.01. The van der Waals surface area contributed by atoms with Crippen LogP contribution in [0, 0.1) is 13.8 Å². The molecule has 0 bridgehead atoms. The molecule has 128 valence electrons. The Morgan fingerprint density at radius 3 is 2.43 bits per heavy atom. The van der Waals surface area contributed by atoms with Crippen LogP contribution < -0.4 is 5.32 Å². The largest absolute Gasteiger partial charge is 0.383 e. The number of aromatic nitrogens is 1. The summed E-state index contributed by atoms with van der Waals surface area (Å²) in [6.07, 6.45) is 0.293. The maximum Gasteiger partial charge on any atom is 0.317 e. The van der Waals surface area contributed by atoms with E-state index >= 15 is 0 Å². The highest BCUT2D eigenvalue weighted by atomic mass is 16.5. The topological polar surface area (TPSA) is 87.9 Å². The van der Waals surface area contributed by atoms with Gasteiger partial charge in [0.2, 0.25) is 5.91 Å². The molecule has 2 heterocycles. The molecule has 0 unspecified atom stereocenters. The molecule has 1 aromatic heterocycles. The van der Waals surface area contributed by atoms with Crippen molar-refractivity contribution in [2.24, 2.45) is 0 Å². The Bertz CT molecular complexity index is 530. The van der Waals surface area contributed by atoms with E-state index in [-0.39, 0.29) is 11.9 Å². The van der Waals surface area contributed by atoms with E-state index in [1.807, 2.05) is 13.8 Å². The van der Waals surface area contributed by atoms with Crippen molar-refractivity contribution in [1.82, 2.24) is 20.3 Å². The van der Waals surface area contributed by atoms with Crippen molar-refractivity contribution in [2.45, 2.75) is 20.3 Å². The highest BCUT2D eigenvalue weighted by Crippen LogP contribution is 2.14. The Kier molecular flexibility index (Phi) is 5.97. The fraction of sp³-hybridized carbons (Fsp3) is 0.667. The molecule has 0 radical (unpaired) electrons. The summed E-state index contributed by atoms with van der Waals surface area (Å²) in [4.78, 5) is 27.8. The number of aryl methyl sites for hydroxylation is 2. The second kappa shape index (κ2) is 7.96. The lowest BCUT2D eigenvalue weighted by molar-refractivity contribution is -0.131. The van der Waals surface area contributed by atoms with Crippen molar-refractivity contribution in [1.29, 1.82) is 0 Å². The predicted molar refractivity (Wildman–Crippen MR) is 83.1 cm³/mol. The fourth-order valence-corrected chi connectivity index (χ4v) is 2.55. The van der Waals surface area contributed by atoms with Gasteiger partial charge in [0.05, 0.1) is 18.7 Å². The molecule has 0 atom stereocenters. The zero-order chi connectivity index (χ0) is 16.8. The quantitative estimate of drug-likeness (QED) is 0.789. The van der Waals surface area contributed by atoms with E-state index in [9.17, 15) is 9.59 Å². The summed E-state index contributed by atoms with van der Waals surface area (Å²) >= 11 is 0. The van der Waals surface area contributed by atoms with Crippen LogP contribution in [-0.4, -0.2) is 73.3 Å². The van der Waals surface area contributed by atoms with Crippen molar-refractivity contribution < 1.29 is 18.8 Å². The Balaban J connectivity index is 1.80. The van der Waals surface area contributed by atoms with Gasteiger partial charge >= 0.3 is 6.03 Å². The van der Waals surface area contributed by atoms with Crippen LogP contribution >= 0.6 is 0 Å². The number of ether oxygens (including phenoxy) is 1. The first-order valence-corrected chi connectivity index (χ1v) is 7.74. The molecule has 3 amide bonds.